The second-order valence-corrected chi connectivity index (χ2v) is 6.06. The zero-order valence-corrected chi connectivity index (χ0v) is 11.3. The Bertz CT molecular complexity index is 479. The molecule has 1 fully saturated rings. The molecule has 1 aliphatic heterocycles. The van der Waals surface area contributed by atoms with Gasteiger partial charge in [0.05, 0.1) is 0 Å². The molecule has 0 unspecified atom stereocenters. The van der Waals surface area contributed by atoms with Crippen molar-refractivity contribution in [2.75, 3.05) is 30.2 Å². The standard InChI is InChI=1S/C12H19N3O2S/c1-13-11-5-7-12(8-6-11)14-18(16,17)15-9-3-2-4-10-15/h5-8,13-14H,2-4,9-10H2,1H3. The number of hydrogen-bond acceptors (Lipinski definition) is 3. The summed E-state index contributed by atoms with van der Waals surface area (Å²) in [6.45, 7) is 1.23. The minimum absolute atomic E-state index is 0.597. The molecule has 0 radical (unpaired) electrons. The molecule has 0 saturated carbocycles. The molecule has 100 valence electrons. The Labute approximate surface area is 108 Å². The smallest absolute Gasteiger partial charge is 0.301 e. The van der Waals surface area contributed by atoms with E-state index < -0.39 is 10.2 Å². The lowest BCUT2D eigenvalue weighted by molar-refractivity contribution is 0.349. The van der Waals surface area contributed by atoms with E-state index in [1.165, 1.54) is 4.31 Å². The maximum Gasteiger partial charge on any atom is 0.301 e. The Morgan fingerprint density at radius 2 is 1.56 bits per heavy atom. The molecule has 1 aliphatic rings. The number of rotatable bonds is 4. The van der Waals surface area contributed by atoms with Crippen LogP contribution in [0.1, 0.15) is 19.3 Å². The van der Waals surface area contributed by atoms with Gasteiger partial charge in [-0.15, -0.1) is 0 Å². The number of nitrogens with zero attached hydrogens (tertiary/aromatic N) is 1. The molecule has 0 aliphatic carbocycles. The van der Waals surface area contributed by atoms with Crippen molar-refractivity contribution in [3.05, 3.63) is 24.3 Å². The van der Waals surface area contributed by atoms with Crippen LogP contribution in [0.2, 0.25) is 0 Å². The van der Waals surface area contributed by atoms with Crippen molar-refractivity contribution in [1.29, 1.82) is 0 Å². The molecule has 6 heteroatoms. The van der Waals surface area contributed by atoms with Crippen molar-refractivity contribution >= 4 is 21.6 Å². The van der Waals surface area contributed by atoms with Gasteiger partial charge in [0.15, 0.2) is 0 Å². The Morgan fingerprint density at radius 1 is 1.00 bits per heavy atom. The van der Waals surface area contributed by atoms with Crippen LogP contribution >= 0.6 is 0 Å². The summed E-state index contributed by atoms with van der Waals surface area (Å²) in [5, 5.41) is 2.99. The highest BCUT2D eigenvalue weighted by atomic mass is 32.2. The zero-order valence-electron chi connectivity index (χ0n) is 10.5. The number of nitrogens with one attached hydrogen (secondary N) is 2. The number of piperidine rings is 1. The quantitative estimate of drug-likeness (QED) is 0.877. The average molecular weight is 269 g/mol. The van der Waals surface area contributed by atoms with E-state index in [0.717, 1.165) is 24.9 Å². The van der Waals surface area contributed by atoms with Crippen LogP contribution in [-0.4, -0.2) is 32.9 Å². The van der Waals surface area contributed by atoms with Crippen LogP contribution in [0.5, 0.6) is 0 Å². The fourth-order valence-corrected chi connectivity index (χ4v) is 3.33. The monoisotopic (exact) mass is 269 g/mol. The molecular formula is C12H19N3O2S. The third-order valence-corrected chi connectivity index (χ3v) is 4.61. The van der Waals surface area contributed by atoms with Crippen LogP contribution in [0.15, 0.2) is 24.3 Å². The summed E-state index contributed by atoms with van der Waals surface area (Å²) >= 11 is 0. The van der Waals surface area contributed by atoms with Crippen LogP contribution < -0.4 is 10.0 Å². The van der Waals surface area contributed by atoms with E-state index in [4.69, 9.17) is 0 Å². The molecule has 1 aromatic rings. The van der Waals surface area contributed by atoms with Gasteiger partial charge in [0, 0.05) is 31.5 Å². The van der Waals surface area contributed by atoms with Crippen LogP contribution in [0.4, 0.5) is 11.4 Å². The fraction of sp³-hybridized carbons (Fsp3) is 0.500. The SMILES string of the molecule is CNc1ccc(NS(=O)(=O)N2CCCCC2)cc1. The molecule has 0 spiro atoms. The minimum atomic E-state index is -3.39. The van der Waals surface area contributed by atoms with E-state index in [9.17, 15) is 8.42 Å². The van der Waals surface area contributed by atoms with Gasteiger partial charge in [0.25, 0.3) is 0 Å². The van der Waals surface area contributed by atoms with E-state index >= 15 is 0 Å². The highest BCUT2D eigenvalue weighted by molar-refractivity contribution is 7.90. The minimum Gasteiger partial charge on any atom is -0.388 e. The summed E-state index contributed by atoms with van der Waals surface area (Å²) < 4.78 is 28.3. The molecular weight excluding hydrogens is 250 g/mol. The average Bonchev–Trinajstić information content (AvgIpc) is 2.40. The molecule has 5 nitrogen and oxygen atoms in total. The van der Waals surface area contributed by atoms with E-state index in [0.29, 0.717) is 18.8 Å². The van der Waals surface area contributed by atoms with E-state index in [2.05, 4.69) is 10.0 Å². The third kappa shape index (κ3) is 3.14. The van der Waals surface area contributed by atoms with Gasteiger partial charge in [-0.2, -0.15) is 12.7 Å². The number of benzene rings is 1. The first kappa shape index (κ1) is 13.2. The summed E-state index contributed by atoms with van der Waals surface area (Å²) in [6.07, 6.45) is 3.00. The van der Waals surface area contributed by atoms with Gasteiger partial charge < -0.3 is 5.32 Å². The van der Waals surface area contributed by atoms with Crippen molar-refractivity contribution < 1.29 is 8.42 Å². The second kappa shape index (κ2) is 5.58. The third-order valence-electron chi connectivity index (χ3n) is 3.08. The second-order valence-electron chi connectivity index (χ2n) is 4.39. The first-order chi connectivity index (χ1) is 8.62. The fourth-order valence-electron chi connectivity index (χ4n) is 2.02. The highest BCUT2D eigenvalue weighted by Gasteiger charge is 2.23. The van der Waals surface area contributed by atoms with Gasteiger partial charge in [-0.05, 0) is 37.1 Å². The van der Waals surface area contributed by atoms with Gasteiger partial charge in [0.2, 0.25) is 0 Å². The summed E-state index contributed by atoms with van der Waals surface area (Å²) in [6, 6.07) is 7.20. The maximum atomic E-state index is 12.1. The van der Waals surface area contributed by atoms with Crippen molar-refractivity contribution in [2.24, 2.45) is 0 Å². The maximum absolute atomic E-state index is 12.1. The highest BCUT2D eigenvalue weighted by Crippen LogP contribution is 2.18. The van der Waals surface area contributed by atoms with Crippen LogP contribution in [-0.2, 0) is 10.2 Å². The molecule has 1 heterocycles. The number of anilines is 2. The first-order valence-electron chi connectivity index (χ1n) is 6.17. The van der Waals surface area contributed by atoms with Gasteiger partial charge in [-0.1, -0.05) is 6.42 Å². The lowest BCUT2D eigenvalue weighted by atomic mass is 10.2. The number of hydrogen-bond donors (Lipinski definition) is 2. The molecule has 0 amide bonds. The first-order valence-corrected chi connectivity index (χ1v) is 7.61. The van der Waals surface area contributed by atoms with Crippen LogP contribution in [0, 0.1) is 0 Å². The lowest BCUT2D eigenvalue weighted by Crippen LogP contribution is -2.39. The van der Waals surface area contributed by atoms with Gasteiger partial charge in [-0.3, -0.25) is 4.72 Å². The largest absolute Gasteiger partial charge is 0.388 e. The lowest BCUT2D eigenvalue weighted by Gasteiger charge is -2.26. The zero-order chi connectivity index (χ0) is 13.0. The Morgan fingerprint density at radius 3 is 2.11 bits per heavy atom. The van der Waals surface area contributed by atoms with E-state index in [1.54, 1.807) is 12.1 Å². The van der Waals surface area contributed by atoms with Gasteiger partial charge >= 0.3 is 10.2 Å². The van der Waals surface area contributed by atoms with Gasteiger partial charge in [-0.25, -0.2) is 0 Å². The summed E-state index contributed by atoms with van der Waals surface area (Å²) in [7, 11) is -1.57. The van der Waals surface area contributed by atoms with Crippen molar-refractivity contribution in [3.63, 3.8) is 0 Å². The summed E-state index contributed by atoms with van der Waals surface area (Å²) in [4.78, 5) is 0. The molecule has 0 aromatic heterocycles. The van der Waals surface area contributed by atoms with Crippen molar-refractivity contribution in [3.8, 4) is 0 Å². The van der Waals surface area contributed by atoms with Gasteiger partial charge in [0.1, 0.15) is 0 Å². The Kier molecular flexibility index (Phi) is 4.08. The van der Waals surface area contributed by atoms with Crippen molar-refractivity contribution in [1.82, 2.24) is 4.31 Å². The summed E-state index contributed by atoms with van der Waals surface area (Å²) in [5.41, 5.74) is 1.55. The molecule has 0 atom stereocenters. The Balaban J connectivity index is 2.06. The molecule has 18 heavy (non-hydrogen) atoms. The molecule has 2 N–H and O–H groups in total. The predicted molar refractivity (Wildman–Crippen MR) is 74.0 cm³/mol. The van der Waals surface area contributed by atoms with Crippen LogP contribution in [0.25, 0.3) is 0 Å². The molecule has 0 bridgehead atoms. The van der Waals surface area contributed by atoms with Crippen molar-refractivity contribution in [2.45, 2.75) is 19.3 Å². The molecule has 1 aromatic carbocycles. The molecule has 1 saturated heterocycles. The topological polar surface area (TPSA) is 61.4 Å². The normalized spacial score (nSPS) is 17.4. The molecule has 2 rings (SSSR count). The van der Waals surface area contributed by atoms with Crippen LogP contribution in [0.3, 0.4) is 0 Å². The Hall–Kier alpha value is -1.27. The summed E-state index contributed by atoms with van der Waals surface area (Å²) in [5.74, 6) is 0. The van der Waals surface area contributed by atoms with E-state index in [-0.39, 0.29) is 0 Å². The predicted octanol–water partition coefficient (Wildman–Crippen LogP) is 1.87. The van der Waals surface area contributed by atoms with E-state index in [1.807, 2.05) is 19.2 Å².